The molecule has 0 fully saturated rings. The number of aryl methyl sites for hydroxylation is 4. The SMILES string of the molecule is Cc1cc(C)c(S(=O)(=O)c2c(C)cc(C)c(O)c2C)c(O)c1C. The van der Waals surface area contributed by atoms with Crippen molar-refractivity contribution in [2.45, 2.75) is 51.3 Å². The minimum Gasteiger partial charge on any atom is -0.507 e. The molecule has 2 N–H and O–H groups in total. The molecule has 0 aromatic heterocycles. The average Bonchev–Trinajstić information content (AvgIpc) is 2.41. The van der Waals surface area contributed by atoms with E-state index in [-0.39, 0.29) is 21.3 Å². The number of rotatable bonds is 2. The Morgan fingerprint density at radius 3 is 1.70 bits per heavy atom. The van der Waals surface area contributed by atoms with Gasteiger partial charge in [-0.15, -0.1) is 0 Å². The van der Waals surface area contributed by atoms with E-state index in [0.29, 0.717) is 27.8 Å². The number of hydrogen-bond donors (Lipinski definition) is 2. The molecule has 0 radical (unpaired) electrons. The third kappa shape index (κ3) is 2.59. The Morgan fingerprint density at radius 1 is 0.652 bits per heavy atom. The van der Waals surface area contributed by atoms with Gasteiger partial charge in [0.1, 0.15) is 16.4 Å². The van der Waals surface area contributed by atoms with Crippen molar-refractivity contribution in [2.75, 3.05) is 0 Å². The van der Waals surface area contributed by atoms with Crippen LogP contribution in [0.3, 0.4) is 0 Å². The summed E-state index contributed by atoms with van der Waals surface area (Å²) in [7, 11) is -3.95. The highest BCUT2D eigenvalue weighted by atomic mass is 32.2. The minimum atomic E-state index is -3.95. The number of phenolic OH excluding ortho intramolecular Hbond substituents is 2. The second kappa shape index (κ2) is 5.57. The second-order valence-corrected chi connectivity index (χ2v) is 7.95. The highest BCUT2D eigenvalue weighted by Crippen LogP contribution is 2.40. The molecule has 124 valence electrons. The van der Waals surface area contributed by atoms with Crippen molar-refractivity contribution in [3.8, 4) is 11.5 Å². The van der Waals surface area contributed by atoms with Gasteiger partial charge < -0.3 is 10.2 Å². The van der Waals surface area contributed by atoms with Crippen LogP contribution in [-0.4, -0.2) is 18.6 Å². The molecule has 0 spiro atoms. The molecule has 23 heavy (non-hydrogen) atoms. The topological polar surface area (TPSA) is 74.6 Å². The van der Waals surface area contributed by atoms with E-state index in [4.69, 9.17) is 0 Å². The number of phenols is 2. The van der Waals surface area contributed by atoms with Crippen molar-refractivity contribution in [1.82, 2.24) is 0 Å². The molecule has 5 heteroatoms. The normalized spacial score (nSPS) is 11.7. The molecule has 4 nitrogen and oxygen atoms in total. The summed E-state index contributed by atoms with van der Waals surface area (Å²) in [5, 5.41) is 20.6. The summed E-state index contributed by atoms with van der Waals surface area (Å²) in [5.74, 6) is -0.253. The van der Waals surface area contributed by atoms with Gasteiger partial charge in [0.15, 0.2) is 0 Å². The van der Waals surface area contributed by atoms with Crippen molar-refractivity contribution >= 4 is 9.84 Å². The van der Waals surface area contributed by atoms with Crippen LogP contribution in [-0.2, 0) is 9.84 Å². The molecule has 0 saturated heterocycles. The fourth-order valence-electron chi connectivity index (χ4n) is 3.05. The number of benzene rings is 2. The van der Waals surface area contributed by atoms with E-state index in [1.165, 1.54) is 0 Å². The summed E-state index contributed by atoms with van der Waals surface area (Å²) < 4.78 is 26.3. The molecule has 2 rings (SSSR count). The zero-order chi connectivity index (χ0) is 17.7. The minimum absolute atomic E-state index is 0.0323. The van der Waals surface area contributed by atoms with Crippen LogP contribution >= 0.6 is 0 Å². The fraction of sp³-hybridized carbons (Fsp3) is 0.333. The van der Waals surface area contributed by atoms with Gasteiger partial charge in [0.25, 0.3) is 0 Å². The van der Waals surface area contributed by atoms with Crippen molar-refractivity contribution < 1.29 is 18.6 Å². The standard InChI is InChI=1S/C18H22O4S/c1-9-7-12(4)18(16(20)13(9)5)23(21,22)17-11(3)8-10(2)15(19)14(17)6/h7-8,19-20H,1-6H3. The van der Waals surface area contributed by atoms with Gasteiger partial charge in [-0.1, -0.05) is 12.1 Å². The molecule has 0 aliphatic carbocycles. The first-order chi connectivity index (χ1) is 10.5. The summed E-state index contributed by atoms with van der Waals surface area (Å²) in [6, 6.07) is 3.39. The molecule has 0 aliphatic heterocycles. The Morgan fingerprint density at radius 2 is 1.13 bits per heavy atom. The van der Waals surface area contributed by atoms with Crippen molar-refractivity contribution in [3.05, 3.63) is 45.5 Å². The number of sulfone groups is 1. The van der Waals surface area contributed by atoms with E-state index in [2.05, 4.69) is 0 Å². The number of aromatic hydroxyl groups is 2. The van der Waals surface area contributed by atoms with Gasteiger partial charge in [0, 0.05) is 5.56 Å². The van der Waals surface area contributed by atoms with Gasteiger partial charge in [-0.25, -0.2) is 8.42 Å². The van der Waals surface area contributed by atoms with Crippen LogP contribution in [0.15, 0.2) is 21.9 Å². The van der Waals surface area contributed by atoms with Crippen molar-refractivity contribution in [3.63, 3.8) is 0 Å². The molecule has 0 unspecified atom stereocenters. The Balaban J connectivity index is 2.91. The van der Waals surface area contributed by atoms with Gasteiger partial charge in [0.05, 0.1) is 4.90 Å². The van der Waals surface area contributed by atoms with Crippen LogP contribution in [0.5, 0.6) is 11.5 Å². The molecular weight excluding hydrogens is 312 g/mol. The molecular formula is C18H22O4S. The molecule has 2 aromatic rings. The molecule has 0 heterocycles. The Bertz CT molecular complexity index is 840. The van der Waals surface area contributed by atoms with Crippen LogP contribution in [0.4, 0.5) is 0 Å². The van der Waals surface area contributed by atoms with E-state index < -0.39 is 9.84 Å². The van der Waals surface area contributed by atoms with Gasteiger partial charge in [-0.3, -0.25) is 0 Å². The van der Waals surface area contributed by atoms with E-state index in [1.54, 1.807) is 46.8 Å². The van der Waals surface area contributed by atoms with E-state index in [1.807, 2.05) is 6.92 Å². The van der Waals surface area contributed by atoms with Crippen molar-refractivity contribution in [1.29, 1.82) is 0 Å². The first-order valence-electron chi connectivity index (χ1n) is 7.34. The van der Waals surface area contributed by atoms with Crippen LogP contribution in [0.2, 0.25) is 0 Å². The predicted molar refractivity (Wildman–Crippen MR) is 90.1 cm³/mol. The smallest absolute Gasteiger partial charge is 0.211 e. The maximum Gasteiger partial charge on any atom is 0.211 e. The maximum absolute atomic E-state index is 13.2. The average molecular weight is 334 g/mol. The van der Waals surface area contributed by atoms with Crippen molar-refractivity contribution in [2.24, 2.45) is 0 Å². The lowest BCUT2D eigenvalue weighted by Crippen LogP contribution is -2.10. The Hall–Kier alpha value is -2.01. The molecule has 0 atom stereocenters. The molecule has 0 bridgehead atoms. The summed E-state index contributed by atoms with van der Waals surface area (Å²) >= 11 is 0. The predicted octanol–water partition coefficient (Wildman–Crippen LogP) is 3.78. The van der Waals surface area contributed by atoms with Crippen LogP contribution in [0.25, 0.3) is 0 Å². The number of hydrogen-bond acceptors (Lipinski definition) is 4. The fourth-order valence-corrected chi connectivity index (χ4v) is 5.13. The van der Waals surface area contributed by atoms with Gasteiger partial charge in [-0.05, 0) is 69.4 Å². The Kier molecular flexibility index (Phi) is 4.20. The highest BCUT2D eigenvalue weighted by molar-refractivity contribution is 7.91. The molecule has 0 aliphatic rings. The van der Waals surface area contributed by atoms with E-state index in [9.17, 15) is 18.6 Å². The lowest BCUT2D eigenvalue weighted by Gasteiger charge is -2.18. The van der Waals surface area contributed by atoms with Gasteiger partial charge >= 0.3 is 0 Å². The monoisotopic (exact) mass is 334 g/mol. The van der Waals surface area contributed by atoms with Gasteiger partial charge in [0.2, 0.25) is 9.84 Å². The maximum atomic E-state index is 13.2. The Labute approximate surface area is 137 Å². The summed E-state index contributed by atoms with van der Waals surface area (Å²) in [5.41, 5.74) is 3.35. The van der Waals surface area contributed by atoms with E-state index >= 15 is 0 Å². The zero-order valence-electron chi connectivity index (χ0n) is 14.3. The van der Waals surface area contributed by atoms with Crippen LogP contribution in [0.1, 0.15) is 33.4 Å². The molecule has 2 aromatic carbocycles. The van der Waals surface area contributed by atoms with Crippen LogP contribution < -0.4 is 0 Å². The largest absolute Gasteiger partial charge is 0.507 e. The summed E-state index contributed by atoms with van der Waals surface area (Å²) in [6.07, 6.45) is 0. The van der Waals surface area contributed by atoms with E-state index in [0.717, 1.165) is 5.56 Å². The summed E-state index contributed by atoms with van der Waals surface area (Å²) in [4.78, 5) is -0.0303. The lowest BCUT2D eigenvalue weighted by atomic mass is 10.1. The third-order valence-corrected chi connectivity index (χ3v) is 6.57. The molecule has 0 amide bonds. The summed E-state index contributed by atoms with van der Waals surface area (Å²) in [6.45, 7) is 10.2. The lowest BCUT2D eigenvalue weighted by molar-refractivity contribution is 0.451. The highest BCUT2D eigenvalue weighted by Gasteiger charge is 2.30. The first-order valence-corrected chi connectivity index (χ1v) is 8.83. The third-order valence-electron chi connectivity index (χ3n) is 4.35. The zero-order valence-corrected chi connectivity index (χ0v) is 15.1. The second-order valence-electron chi connectivity index (χ2n) is 6.13. The first kappa shape index (κ1) is 17.3. The quantitative estimate of drug-likeness (QED) is 0.876. The molecule has 0 saturated carbocycles. The van der Waals surface area contributed by atoms with Crippen LogP contribution in [0, 0.1) is 41.5 Å². The van der Waals surface area contributed by atoms with Gasteiger partial charge in [-0.2, -0.15) is 0 Å².